The van der Waals surface area contributed by atoms with E-state index in [0.29, 0.717) is 24.5 Å². The second-order valence-corrected chi connectivity index (χ2v) is 6.41. The van der Waals surface area contributed by atoms with E-state index in [1.807, 2.05) is 27.7 Å². The van der Waals surface area contributed by atoms with Gasteiger partial charge in [-0.15, -0.1) is 0 Å². The molecule has 0 aliphatic heterocycles. The molecule has 0 fully saturated rings. The number of nitrogens with one attached hydrogen (secondary N) is 1. The molecule has 146 valence electrons. The number of carbonyl (C=O) groups excluding carboxylic acids is 2. The zero-order valence-corrected chi connectivity index (χ0v) is 16.7. The third kappa shape index (κ3) is 5.73. The van der Waals surface area contributed by atoms with E-state index in [2.05, 4.69) is 5.32 Å². The van der Waals surface area contributed by atoms with Crippen molar-refractivity contribution in [3.8, 4) is 5.75 Å². The van der Waals surface area contributed by atoms with Crippen LogP contribution in [0.5, 0.6) is 5.75 Å². The Balaban J connectivity index is 3.10. The van der Waals surface area contributed by atoms with Crippen molar-refractivity contribution in [2.24, 2.45) is 0 Å². The molecule has 0 radical (unpaired) electrons. The number of hydrogen-bond acceptors (Lipinski definition) is 5. The summed E-state index contributed by atoms with van der Waals surface area (Å²) in [7, 11) is 1.31. The molecule has 2 atom stereocenters. The molecular formula is C20H31NO5. The van der Waals surface area contributed by atoms with Crippen LogP contribution >= 0.6 is 0 Å². The molecule has 1 amide bonds. The van der Waals surface area contributed by atoms with Gasteiger partial charge in [-0.25, -0.2) is 4.79 Å². The van der Waals surface area contributed by atoms with Crippen molar-refractivity contribution < 1.29 is 23.8 Å². The number of esters is 1. The number of benzene rings is 1. The molecule has 0 aliphatic carbocycles. The Morgan fingerprint density at radius 3 is 2.46 bits per heavy atom. The molecule has 2 unspecified atom stereocenters. The van der Waals surface area contributed by atoms with E-state index in [1.165, 1.54) is 7.11 Å². The molecule has 0 aliphatic rings. The van der Waals surface area contributed by atoms with Gasteiger partial charge >= 0.3 is 5.97 Å². The highest BCUT2D eigenvalue weighted by atomic mass is 16.5. The highest BCUT2D eigenvalue weighted by molar-refractivity contribution is 5.99. The molecule has 1 aromatic carbocycles. The van der Waals surface area contributed by atoms with Crippen molar-refractivity contribution >= 4 is 17.6 Å². The van der Waals surface area contributed by atoms with Crippen LogP contribution in [0.4, 0.5) is 5.69 Å². The zero-order chi connectivity index (χ0) is 19.7. The molecule has 0 bridgehead atoms. The van der Waals surface area contributed by atoms with Gasteiger partial charge in [0.25, 0.3) is 5.91 Å². The molecule has 6 heteroatoms. The number of amides is 1. The van der Waals surface area contributed by atoms with E-state index in [-0.39, 0.29) is 17.6 Å². The first-order valence-electron chi connectivity index (χ1n) is 9.15. The highest BCUT2D eigenvalue weighted by Gasteiger charge is 2.33. The van der Waals surface area contributed by atoms with Crippen LogP contribution in [0.1, 0.15) is 64.2 Å². The Morgan fingerprint density at radius 1 is 1.23 bits per heavy atom. The number of anilines is 1. The van der Waals surface area contributed by atoms with E-state index >= 15 is 0 Å². The predicted molar refractivity (Wildman–Crippen MR) is 102 cm³/mol. The third-order valence-electron chi connectivity index (χ3n) is 4.22. The minimum absolute atomic E-state index is 0.0374. The van der Waals surface area contributed by atoms with Crippen molar-refractivity contribution in [1.29, 1.82) is 0 Å². The molecule has 6 nitrogen and oxygen atoms in total. The number of rotatable bonds is 10. The second-order valence-electron chi connectivity index (χ2n) is 6.41. The summed E-state index contributed by atoms with van der Waals surface area (Å²) < 4.78 is 16.3. The first kappa shape index (κ1) is 22.0. The molecule has 1 rings (SSSR count). The average molecular weight is 365 g/mol. The first-order valence-corrected chi connectivity index (χ1v) is 9.15. The fourth-order valence-electron chi connectivity index (χ4n) is 2.59. The van der Waals surface area contributed by atoms with Crippen LogP contribution in [0.15, 0.2) is 18.2 Å². The lowest BCUT2D eigenvalue weighted by Gasteiger charge is -2.28. The van der Waals surface area contributed by atoms with Crippen molar-refractivity contribution in [1.82, 2.24) is 0 Å². The fourth-order valence-corrected chi connectivity index (χ4v) is 2.59. The minimum atomic E-state index is -0.916. The molecule has 0 spiro atoms. The van der Waals surface area contributed by atoms with E-state index in [4.69, 9.17) is 14.2 Å². The first-order chi connectivity index (χ1) is 12.3. The fraction of sp³-hybridized carbons (Fsp3) is 0.600. The van der Waals surface area contributed by atoms with Crippen LogP contribution in [-0.2, 0) is 14.3 Å². The van der Waals surface area contributed by atoms with Crippen molar-refractivity contribution in [3.05, 3.63) is 23.8 Å². The summed E-state index contributed by atoms with van der Waals surface area (Å²) in [6, 6.07) is 4.95. The molecule has 0 saturated carbocycles. The van der Waals surface area contributed by atoms with Crippen LogP contribution in [0.3, 0.4) is 0 Å². The topological polar surface area (TPSA) is 73.9 Å². The SMILES string of the molecule is CCCC(C)(OCC)C(=O)Nc1ccc(OC(C)CC)c(C(=O)OC)c1. The van der Waals surface area contributed by atoms with E-state index in [9.17, 15) is 9.59 Å². The standard InChI is InChI=1S/C20H31NO5/c1-7-12-20(5,25-9-3)19(23)21-15-10-11-17(26-14(4)8-2)16(13-15)18(22)24-6/h10-11,13-14H,7-9,12H2,1-6H3,(H,21,23). The Labute approximate surface area is 156 Å². The lowest BCUT2D eigenvalue weighted by molar-refractivity contribution is -0.139. The third-order valence-corrected chi connectivity index (χ3v) is 4.22. The summed E-state index contributed by atoms with van der Waals surface area (Å²) >= 11 is 0. The van der Waals surface area contributed by atoms with E-state index in [0.717, 1.165) is 12.8 Å². The summed E-state index contributed by atoms with van der Waals surface area (Å²) in [4.78, 5) is 24.8. The van der Waals surface area contributed by atoms with Gasteiger partial charge in [0.2, 0.25) is 0 Å². The van der Waals surface area contributed by atoms with Gasteiger partial charge in [-0.3, -0.25) is 4.79 Å². The molecular weight excluding hydrogens is 334 g/mol. The summed E-state index contributed by atoms with van der Waals surface area (Å²) in [5.41, 5.74) is -0.144. The van der Waals surface area contributed by atoms with E-state index < -0.39 is 11.6 Å². The molecule has 0 saturated heterocycles. The molecule has 1 aromatic rings. The van der Waals surface area contributed by atoms with Crippen molar-refractivity contribution in [3.63, 3.8) is 0 Å². The quantitative estimate of drug-likeness (QED) is 0.630. The van der Waals surface area contributed by atoms with Gasteiger partial charge in [-0.2, -0.15) is 0 Å². The summed E-state index contributed by atoms with van der Waals surface area (Å²) in [6.07, 6.45) is 2.19. The molecule has 1 N–H and O–H groups in total. The second kappa shape index (κ2) is 10.2. The van der Waals surface area contributed by atoms with Gasteiger partial charge in [-0.1, -0.05) is 20.3 Å². The van der Waals surface area contributed by atoms with Crippen LogP contribution in [0.25, 0.3) is 0 Å². The number of hydrogen-bond donors (Lipinski definition) is 1. The normalized spacial score (nSPS) is 14.2. The number of ether oxygens (including phenoxy) is 3. The number of carbonyl (C=O) groups is 2. The van der Waals surface area contributed by atoms with Gasteiger partial charge in [0.05, 0.1) is 13.2 Å². The Kier molecular flexibility index (Phi) is 8.58. The van der Waals surface area contributed by atoms with Gasteiger partial charge in [0.1, 0.15) is 16.9 Å². The predicted octanol–water partition coefficient (Wildman–Crippen LogP) is 4.18. The van der Waals surface area contributed by atoms with Crippen LogP contribution in [0.2, 0.25) is 0 Å². The van der Waals surface area contributed by atoms with Crippen LogP contribution in [-0.4, -0.2) is 37.3 Å². The Morgan fingerprint density at radius 2 is 1.92 bits per heavy atom. The van der Waals surface area contributed by atoms with Gasteiger partial charge in [-0.05, 0) is 51.8 Å². The molecule has 26 heavy (non-hydrogen) atoms. The average Bonchev–Trinajstić information content (AvgIpc) is 2.62. The lowest BCUT2D eigenvalue weighted by Crippen LogP contribution is -2.42. The summed E-state index contributed by atoms with van der Waals surface area (Å²) in [5, 5.41) is 2.84. The summed E-state index contributed by atoms with van der Waals surface area (Å²) in [6.45, 7) is 10.0. The maximum Gasteiger partial charge on any atom is 0.341 e. The van der Waals surface area contributed by atoms with Gasteiger partial charge < -0.3 is 19.5 Å². The van der Waals surface area contributed by atoms with E-state index in [1.54, 1.807) is 25.1 Å². The van der Waals surface area contributed by atoms with Gasteiger partial charge in [0, 0.05) is 12.3 Å². The summed E-state index contributed by atoms with van der Waals surface area (Å²) in [5.74, 6) is -0.321. The van der Waals surface area contributed by atoms with Crippen molar-refractivity contribution in [2.45, 2.75) is 65.6 Å². The van der Waals surface area contributed by atoms with Crippen LogP contribution < -0.4 is 10.1 Å². The van der Waals surface area contributed by atoms with Crippen LogP contribution in [0, 0.1) is 0 Å². The number of methoxy groups -OCH3 is 1. The minimum Gasteiger partial charge on any atom is -0.490 e. The zero-order valence-electron chi connectivity index (χ0n) is 16.7. The monoisotopic (exact) mass is 365 g/mol. The molecule has 0 aromatic heterocycles. The van der Waals surface area contributed by atoms with Crippen molar-refractivity contribution in [2.75, 3.05) is 19.0 Å². The Hall–Kier alpha value is -2.08. The maximum absolute atomic E-state index is 12.7. The molecule has 0 heterocycles. The largest absolute Gasteiger partial charge is 0.490 e. The maximum atomic E-state index is 12.7. The van der Waals surface area contributed by atoms with Gasteiger partial charge in [0.15, 0.2) is 0 Å². The Bertz CT molecular complexity index is 608. The highest BCUT2D eigenvalue weighted by Crippen LogP contribution is 2.27. The lowest BCUT2D eigenvalue weighted by atomic mass is 9.99. The smallest absolute Gasteiger partial charge is 0.341 e.